The highest BCUT2D eigenvalue weighted by atomic mass is 19.1. The van der Waals surface area contributed by atoms with Crippen molar-refractivity contribution in [3.05, 3.63) is 35.9 Å². The molecule has 1 saturated heterocycles. The molecule has 1 aliphatic heterocycles. The van der Waals surface area contributed by atoms with Crippen molar-refractivity contribution in [2.45, 2.75) is 33.3 Å². The third kappa shape index (κ3) is 10.7. The predicted octanol–water partition coefficient (Wildman–Crippen LogP) is 3.73. The molecule has 0 bridgehead atoms. The second-order valence-electron chi connectivity index (χ2n) is 3.84. The molecule has 2 rings (SSSR count). The molecule has 1 amide bonds. The van der Waals surface area contributed by atoms with Crippen molar-refractivity contribution in [2.75, 3.05) is 20.3 Å². The lowest BCUT2D eigenvalue weighted by atomic mass is 10.2. The third-order valence-corrected chi connectivity index (χ3v) is 2.57. The van der Waals surface area contributed by atoms with Crippen LogP contribution in [-0.4, -0.2) is 42.8 Å². The molecule has 0 atom stereocenters. The first-order valence-electron chi connectivity index (χ1n) is 7.19. The molecule has 1 aromatic carbocycles. The molecule has 0 spiro atoms. The second kappa shape index (κ2) is 16.9. The Labute approximate surface area is 131 Å². The predicted molar refractivity (Wildman–Crippen MR) is 84.5 cm³/mol. The first-order valence-corrected chi connectivity index (χ1v) is 7.19. The van der Waals surface area contributed by atoms with Crippen LogP contribution in [0.4, 0.5) is 9.18 Å². The van der Waals surface area contributed by atoms with Gasteiger partial charge in [0.1, 0.15) is 6.61 Å². The van der Waals surface area contributed by atoms with Crippen molar-refractivity contribution < 1.29 is 23.8 Å². The van der Waals surface area contributed by atoms with Gasteiger partial charge in [0.25, 0.3) is 6.47 Å². The fourth-order valence-corrected chi connectivity index (χ4v) is 1.71. The van der Waals surface area contributed by atoms with Gasteiger partial charge in [-0.05, 0) is 18.4 Å². The molecule has 6 heteroatoms. The van der Waals surface area contributed by atoms with E-state index in [1.165, 1.54) is 0 Å². The SMILES string of the molecule is CC.CF.O=C(OCc1ccccc1)N1CCCC1.O=CO. The molecule has 0 aliphatic carbocycles. The van der Waals surface area contributed by atoms with Gasteiger partial charge in [0.05, 0.1) is 7.18 Å². The van der Waals surface area contributed by atoms with Crippen molar-refractivity contribution in [1.29, 1.82) is 0 Å². The Bertz CT molecular complexity index is 368. The Morgan fingerprint density at radius 3 is 2.14 bits per heavy atom. The molecular weight excluding hydrogens is 289 g/mol. The van der Waals surface area contributed by atoms with Crippen LogP contribution in [0.1, 0.15) is 32.3 Å². The Morgan fingerprint density at radius 1 is 1.23 bits per heavy atom. The van der Waals surface area contributed by atoms with Gasteiger partial charge in [-0.3, -0.25) is 9.18 Å². The standard InChI is InChI=1S/C12H15NO2.C2H6.CH3F.CH2O2/c14-12(13-8-4-5-9-13)15-10-11-6-2-1-3-7-11;2*1-2;2-1-3/h1-3,6-7H,4-5,8-10H2;1-2H3;1H3;1H,(H,2,3). The number of likely N-dealkylation sites (tertiary alicyclic amines) is 1. The fraction of sp³-hybridized carbons (Fsp3) is 0.500. The van der Waals surface area contributed by atoms with Gasteiger partial charge < -0.3 is 14.7 Å². The third-order valence-electron chi connectivity index (χ3n) is 2.57. The van der Waals surface area contributed by atoms with Crippen LogP contribution in [-0.2, 0) is 16.1 Å². The Morgan fingerprint density at radius 2 is 1.68 bits per heavy atom. The summed E-state index contributed by atoms with van der Waals surface area (Å²) in [6.45, 7) is 5.80. The Hall–Kier alpha value is -2.11. The van der Waals surface area contributed by atoms with Crippen LogP contribution in [0.3, 0.4) is 0 Å². The van der Waals surface area contributed by atoms with Gasteiger partial charge in [-0.2, -0.15) is 0 Å². The highest BCUT2D eigenvalue weighted by Gasteiger charge is 2.18. The number of hydrogen-bond donors (Lipinski definition) is 1. The van der Waals surface area contributed by atoms with Gasteiger partial charge in [0, 0.05) is 13.1 Å². The first-order chi connectivity index (χ1) is 10.8. The number of benzene rings is 1. The van der Waals surface area contributed by atoms with E-state index in [9.17, 15) is 9.18 Å². The van der Waals surface area contributed by atoms with E-state index in [0.717, 1.165) is 31.5 Å². The molecular formula is C16H26FNO4. The molecule has 1 aliphatic rings. The summed E-state index contributed by atoms with van der Waals surface area (Å²) in [5.74, 6) is 0. The van der Waals surface area contributed by atoms with Crippen molar-refractivity contribution >= 4 is 12.6 Å². The summed E-state index contributed by atoms with van der Waals surface area (Å²) < 4.78 is 14.7. The van der Waals surface area contributed by atoms with E-state index >= 15 is 0 Å². The molecule has 1 aromatic rings. The summed E-state index contributed by atoms with van der Waals surface area (Å²) in [7, 11) is 0.500. The van der Waals surface area contributed by atoms with Crippen LogP contribution in [0, 0.1) is 0 Å². The maximum atomic E-state index is 11.5. The highest BCUT2D eigenvalue weighted by molar-refractivity contribution is 5.67. The molecule has 0 saturated carbocycles. The summed E-state index contributed by atoms with van der Waals surface area (Å²) >= 11 is 0. The van der Waals surface area contributed by atoms with Gasteiger partial charge in [-0.1, -0.05) is 44.2 Å². The van der Waals surface area contributed by atoms with Gasteiger partial charge in [0.15, 0.2) is 0 Å². The van der Waals surface area contributed by atoms with E-state index in [1.807, 2.05) is 44.2 Å². The largest absolute Gasteiger partial charge is 0.483 e. The topological polar surface area (TPSA) is 66.8 Å². The van der Waals surface area contributed by atoms with E-state index in [-0.39, 0.29) is 12.6 Å². The van der Waals surface area contributed by atoms with Crippen LogP contribution in [0.5, 0.6) is 0 Å². The van der Waals surface area contributed by atoms with Gasteiger partial charge >= 0.3 is 6.09 Å². The number of hydrogen-bond acceptors (Lipinski definition) is 3. The fourth-order valence-electron chi connectivity index (χ4n) is 1.71. The molecule has 0 radical (unpaired) electrons. The summed E-state index contributed by atoms with van der Waals surface area (Å²) in [6, 6.07) is 9.75. The Balaban J connectivity index is 0. The number of ether oxygens (including phenoxy) is 1. The smallest absolute Gasteiger partial charge is 0.410 e. The van der Waals surface area contributed by atoms with Crippen LogP contribution in [0.25, 0.3) is 0 Å². The maximum Gasteiger partial charge on any atom is 0.410 e. The van der Waals surface area contributed by atoms with Crippen molar-refractivity contribution in [3.8, 4) is 0 Å². The van der Waals surface area contributed by atoms with Crippen LogP contribution >= 0.6 is 0 Å². The minimum absolute atomic E-state index is 0.184. The van der Waals surface area contributed by atoms with Crippen LogP contribution in [0.2, 0.25) is 0 Å². The lowest BCUT2D eigenvalue weighted by Crippen LogP contribution is -2.28. The van der Waals surface area contributed by atoms with Crippen molar-refractivity contribution in [2.24, 2.45) is 0 Å². The summed E-state index contributed by atoms with van der Waals surface area (Å²) in [5.41, 5.74) is 1.03. The highest BCUT2D eigenvalue weighted by Crippen LogP contribution is 2.10. The van der Waals surface area contributed by atoms with Crippen LogP contribution in [0.15, 0.2) is 30.3 Å². The molecule has 1 N–H and O–H groups in total. The average Bonchev–Trinajstić information content (AvgIpc) is 3.13. The van der Waals surface area contributed by atoms with Gasteiger partial charge in [-0.15, -0.1) is 0 Å². The van der Waals surface area contributed by atoms with Gasteiger partial charge in [0.2, 0.25) is 0 Å². The average molecular weight is 315 g/mol. The van der Waals surface area contributed by atoms with E-state index in [2.05, 4.69) is 0 Å². The first kappa shape index (κ1) is 22.2. The lowest BCUT2D eigenvalue weighted by Gasteiger charge is -2.14. The number of carboxylic acid groups (broad SMARTS) is 1. The molecule has 1 fully saturated rings. The number of amides is 1. The molecule has 0 unspecified atom stereocenters. The number of rotatable bonds is 2. The normalized spacial score (nSPS) is 11.5. The molecule has 0 aromatic heterocycles. The Kier molecular flexibility index (Phi) is 17.1. The minimum Gasteiger partial charge on any atom is -0.483 e. The van der Waals surface area contributed by atoms with Crippen molar-refractivity contribution in [1.82, 2.24) is 4.90 Å². The quantitative estimate of drug-likeness (QED) is 0.844. The summed E-state index contributed by atoms with van der Waals surface area (Å²) in [5, 5.41) is 6.89. The number of alkyl halides is 1. The summed E-state index contributed by atoms with van der Waals surface area (Å²) in [4.78, 5) is 21.7. The zero-order chi connectivity index (χ0) is 17.2. The number of nitrogens with zero attached hydrogens (tertiary/aromatic N) is 1. The number of carbonyl (C=O) groups is 2. The lowest BCUT2D eigenvalue weighted by molar-refractivity contribution is -0.122. The van der Waals surface area contributed by atoms with E-state index < -0.39 is 0 Å². The van der Waals surface area contributed by atoms with E-state index in [1.54, 1.807) is 4.90 Å². The molecule has 5 nitrogen and oxygen atoms in total. The number of carbonyl (C=O) groups excluding carboxylic acids is 1. The molecule has 22 heavy (non-hydrogen) atoms. The van der Waals surface area contributed by atoms with Crippen molar-refractivity contribution in [3.63, 3.8) is 0 Å². The second-order valence-corrected chi connectivity index (χ2v) is 3.84. The molecule has 126 valence electrons. The number of halogens is 1. The zero-order valence-corrected chi connectivity index (χ0v) is 13.5. The minimum atomic E-state index is -0.250. The van der Waals surface area contributed by atoms with Gasteiger partial charge in [-0.25, -0.2) is 4.79 Å². The molecule has 1 heterocycles. The monoisotopic (exact) mass is 315 g/mol. The zero-order valence-electron chi connectivity index (χ0n) is 13.5. The van der Waals surface area contributed by atoms with E-state index in [0.29, 0.717) is 13.8 Å². The van der Waals surface area contributed by atoms with E-state index in [4.69, 9.17) is 14.6 Å². The van der Waals surface area contributed by atoms with Crippen LogP contribution < -0.4 is 0 Å². The maximum absolute atomic E-state index is 11.5. The summed E-state index contributed by atoms with van der Waals surface area (Å²) in [6.07, 6.45) is 2.01.